The molecule has 0 aliphatic rings. The maximum atomic E-state index is 3.91. The molecule has 0 N–H and O–H groups in total. The van der Waals surface area contributed by atoms with Gasteiger partial charge in [0.2, 0.25) is 0 Å². The van der Waals surface area contributed by atoms with Crippen molar-refractivity contribution in [2.75, 3.05) is 0 Å². The average molecular weight is 315 g/mol. The Morgan fingerprint density at radius 2 is 2.18 bits per heavy atom. The number of hydrogen-bond donors (Lipinski definition) is 0. The monoisotopic (exact) mass is 315 g/mol. The molecular formula is C8H7N2W-. The molecule has 0 aliphatic carbocycles. The molecule has 0 spiro atoms. The molecule has 0 aliphatic heterocycles. The van der Waals surface area contributed by atoms with Crippen molar-refractivity contribution in [3.8, 4) is 0 Å². The minimum atomic E-state index is 0. The number of benzene rings is 1. The fraction of sp³-hybridized carbons (Fsp3) is 0.125. The molecule has 1 heterocycles. The summed E-state index contributed by atoms with van der Waals surface area (Å²) in [5.41, 5.74) is 2.23. The van der Waals surface area contributed by atoms with E-state index in [2.05, 4.69) is 23.2 Å². The van der Waals surface area contributed by atoms with Crippen LogP contribution in [0.1, 0.15) is 5.56 Å². The third-order valence-corrected chi connectivity index (χ3v) is 1.55. The van der Waals surface area contributed by atoms with E-state index in [1.165, 1.54) is 5.56 Å². The van der Waals surface area contributed by atoms with Crippen molar-refractivity contribution in [1.82, 2.24) is 10.2 Å². The zero-order valence-corrected chi connectivity index (χ0v) is 9.05. The molecule has 1 aromatic carbocycles. The van der Waals surface area contributed by atoms with Crippen molar-refractivity contribution < 1.29 is 21.1 Å². The summed E-state index contributed by atoms with van der Waals surface area (Å²) < 4.78 is 0. The second-order valence-electron chi connectivity index (χ2n) is 2.41. The third-order valence-electron chi connectivity index (χ3n) is 1.55. The summed E-state index contributed by atoms with van der Waals surface area (Å²) in [4.78, 5) is 0. The van der Waals surface area contributed by atoms with Gasteiger partial charge < -0.3 is 10.2 Å². The van der Waals surface area contributed by atoms with Crippen molar-refractivity contribution in [2.45, 2.75) is 6.92 Å². The van der Waals surface area contributed by atoms with Gasteiger partial charge in [-0.15, -0.1) is 5.52 Å². The normalized spacial score (nSPS) is 9.55. The van der Waals surface area contributed by atoms with Crippen LogP contribution >= 0.6 is 0 Å². The maximum absolute atomic E-state index is 3.91. The molecule has 56 valence electrons. The van der Waals surface area contributed by atoms with E-state index >= 15 is 0 Å². The first-order valence-corrected chi connectivity index (χ1v) is 3.21. The second-order valence-corrected chi connectivity index (χ2v) is 2.41. The van der Waals surface area contributed by atoms with Crippen LogP contribution in [0.3, 0.4) is 0 Å². The third kappa shape index (κ3) is 1.51. The first-order valence-electron chi connectivity index (χ1n) is 3.21. The fourth-order valence-corrected chi connectivity index (χ4v) is 1.02. The molecule has 2 rings (SSSR count). The first-order chi connectivity index (χ1) is 4.86. The van der Waals surface area contributed by atoms with Gasteiger partial charge in [-0.1, -0.05) is 23.8 Å². The van der Waals surface area contributed by atoms with Crippen LogP contribution in [0.2, 0.25) is 0 Å². The zero-order valence-electron chi connectivity index (χ0n) is 6.11. The van der Waals surface area contributed by atoms with E-state index in [1.54, 1.807) is 6.20 Å². The summed E-state index contributed by atoms with van der Waals surface area (Å²) in [6.07, 6.45) is 1.78. The van der Waals surface area contributed by atoms with Gasteiger partial charge in [-0.25, -0.2) is 0 Å². The van der Waals surface area contributed by atoms with E-state index in [-0.39, 0.29) is 21.1 Å². The molecular weight excluding hydrogens is 308 g/mol. The Bertz CT molecular complexity index is 354. The summed E-state index contributed by atoms with van der Waals surface area (Å²) in [6, 6.07) is 6.10. The van der Waals surface area contributed by atoms with E-state index in [0.29, 0.717) is 0 Å². The van der Waals surface area contributed by atoms with Gasteiger partial charge in [-0.05, 0) is 12.3 Å². The Labute approximate surface area is 79.3 Å². The Kier molecular flexibility index (Phi) is 2.45. The Hall–Kier alpha value is -0.622. The summed E-state index contributed by atoms with van der Waals surface area (Å²) in [7, 11) is 0. The summed E-state index contributed by atoms with van der Waals surface area (Å²) in [5.74, 6) is 0. The van der Waals surface area contributed by atoms with E-state index in [9.17, 15) is 0 Å². The van der Waals surface area contributed by atoms with Gasteiger partial charge >= 0.3 is 0 Å². The van der Waals surface area contributed by atoms with E-state index in [0.717, 1.165) is 10.9 Å². The minimum absolute atomic E-state index is 0. The number of aryl methyl sites for hydroxylation is 1. The number of nitrogens with zero attached hydrogens (tertiary/aromatic N) is 2. The van der Waals surface area contributed by atoms with Crippen LogP contribution in [0, 0.1) is 6.92 Å². The van der Waals surface area contributed by atoms with Crippen molar-refractivity contribution in [3.63, 3.8) is 0 Å². The van der Waals surface area contributed by atoms with Crippen molar-refractivity contribution in [1.29, 1.82) is 0 Å². The van der Waals surface area contributed by atoms with Crippen molar-refractivity contribution in [3.05, 3.63) is 30.0 Å². The summed E-state index contributed by atoms with van der Waals surface area (Å²) in [5, 5.41) is 8.83. The standard InChI is InChI=1S/C8H7N2.W/c1-6-2-3-8-7(4-6)5-9-10-8;/h2-5H,1H3;/q-1;. The molecule has 2 aromatic rings. The number of hydrogen-bond acceptors (Lipinski definition) is 1. The molecule has 0 unspecified atom stereocenters. The molecule has 11 heavy (non-hydrogen) atoms. The first kappa shape index (κ1) is 8.47. The molecule has 3 heteroatoms. The Balaban J connectivity index is 0.000000605. The van der Waals surface area contributed by atoms with Crippen LogP contribution in [0.4, 0.5) is 0 Å². The average Bonchev–Trinajstić information content (AvgIpc) is 2.33. The van der Waals surface area contributed by atoms with Gasteiger partial charge in [-0.3, -0.25) is 0 Å². The Morgan fingerprint density at radius 3 is 3.00 bits per heavy atom. The van der Waals surface area contributed by atoms with Crippen LogP contribution in [-0.2, 0) is 21.1 Å². The number of aromatic nitrogens is 2. The maximum Gasteiger partial charge on any atom is 0.00987 e. The second kappa shape index (κ2) is 3.18. The van der Waals surface area contributed by atoms with E-state index in [1.807, 2.05) is 12.1 Å². The topological polar surface area (TPSA) is 27.0 Å². The summed E-state index contributed by atoms with van der Waals surface area (Å²) in [6.45, 7) is 2.06. The SMILES string of the molecule is Cc1ccc2[n-]ncc2c1.[W]. The predicted octanol–water partition coefficient (Wildman–Crippen LogP) is 1.50. The van der Waals surface area contributed by atoms with Crippen LogP contribution in [0.15, 0.2) is 24.4 Å². The van der Waals surface area contributed by atoms with E-state index in [4.69, 9.17) is 0 Å². The van der Waals surface area contributed by atoms with Gasteiger partial charge in [0.25, 0.3) is 0 Å². The molecule has 0 amide bonds. The van der Waals surface area contributed by atoms with Crippen LogP contribution in [-0.4, -0.2) is 5.10 Å². The van der Waals surface area contributed by atoms with Gasteiger partial charge in [0, 0.05) is 27.3 Å². The van der Waals surface area contributed by atoms with Crippen LogP contribution in [0.5, 0.6) is 0 Å². The van der Waals surface area contributed by atoms with E-state index < -0.39 is 0 Å². The molecule has 0 fully saturated rings. The number of rotatable bonds is 0. The predicted molar refractivity (Wildman–Crippen MR) is 39.8 cm³/mol. The molecule has 1 aromatic heterocycles. The van der Waals surface area contributed by atoms with Crippen molar-refractivity contribution >= 4 is 10.9 Å². The molecule has 0 saturated heterocycles. The molecule has 0 saturated carbocycles. The minimum Gasteiger partial charge on any atom is -0.575 e. The molecule has 0 bridgehead atoms. The molecule has 0 radical (unpaired) electrons. The fourth-order valence-electron chi connectivity index (χ4n) is 1.02. The number of fused-ring (bicyclic) bond motifs is 1. The molecule has 0 atom stereocenters. The quantitative estimate of drug-likeness (QED) is 0.737. The Morgan fingerprint density at radius 1 is 1.36 bits per heavy atom. The zero-order chi connectivity index (χ0) is 6.97. The largest absolute Gasteiger partial charge is 0.575 e. The van der Waals surface area contributed by atoms with Gasteiger partial charge in [0.05, 0.1) is 0 Å². The van der Waals surface area contributed by atoms with Crippen LogP contribution in [0.25, 0.3) is 10.9 Å². The van der Waals surface area contributed by atoms with Gasteiger partial charge in [0.1, 0.15) is 0 Å². The van der Waals surface area contributed by atoms with Gasteiger partial charge in [0.15, 0.2) is 0 Å². The molecule has 2 nitrogen and oxygen atoms in total. The summed E-state index contributed by atoms with van der Waals surface area (Å²) >= 11 is 0. The van der Waals surface area contributed by atoms with Crippen LogP contribution < -0.4 is 5.10 Å². The van der Waals surface area contributed by atoms with Crippen molar-refractivity contribution in [2.24, 2.45) is 0 Å². The van der Waals surface area contributed by atoms with Gasteiger partial charge in [-0.2, -0.15) is 0 Å². The smallest absolute Gasteiger partial charge is 0.00987 e.